The molecule has 0 saturated heterocycles. The molecule has 0 spiro atoms. The van der Waals surface area contributed by atoms with Crippen LogP contribution in [0, 0.1) is 6.92 Å². The van der Waals surface area contributed by atoms with Gasteiger partial charge in [0.25, 0.3) is 5.91 Å². The topological polar surface area (TPSA) is 86.2 Å². The van der Waals surface area contributed by atoms with Gasteiger partial charge < -0.3 is 20.3 Å². The number of nitrogens with one attached hydrogen (secondary N) is 2. The molecule has 3 atom stereocenters. The summed E-state index contributed by atoms with van der Waals surface area (Å²) < 4.78 is 1.83. The maximum atomic E-state index is 11.9. The summed E-state index contributed by atoms with van der Waals surface area (Å²) in [7, 11) is 3.46. The second-order valence-electron chi connectivity index (χ2n) is 6.38. The number of aromatic nitrogens is 3. The maximum absolute atomic E-state index is 11.9. The normalized spacial score (nSPS) is 23.6. The van der Waals surface area contributed by atoms with Gasteiger partial charge in [0, 0.05) is 38.6 Å². The van der Waals surface area contributed by atoms with Gasteiger partial charge in [-0.15, -0.1) is 0 Å². The van der Waals surface area contributed by atoms with Crippen molar-refractivity contribution in [2.75, 3.05) is 14.1 Å². The van der Waals surface area contributed by atoms with Gasteiger partial charge in [-0.2, -0.15) is 5.10 Å². The quantitative estimate of drug-likeness (QED) is 0.757. The Balaban J connectivity index is 1.59. The summed E-state index contributed by atoms with van der Waals surface area (Å²) in [6.07, 6.45) is 4.07. The molecule has 0 aromatic carbocycles. The number of rotatable bonds is 5. The third-order valence-electron chi connectivity index (χ3n) is 4.28. The first-order valence-electron chi connectivity index (χ1n) is 7.77. The van der Waals surface area contributed by atoms with E-state index in [2.05, 4.69) is 15.4 Å². The van der Waals surface area contributed by atoms with Crippen LogP contribution in [0.15, 0.2) is 24.5 Å². The second kappa shape index (κ2) is 6.17. The lowest BCUT2D eigenvalue weighted by Gasteiger charge is -2.42. The van der Waals surface area contributed by atoms with Crippen LogP contribution in [0.2, 0.25) is 0 Å². The zero-order chi connectivity index (χ0) is 16.6. The van der Waals surface area contributed by atoms with E-state index in [1.807, 2.05) is 23.9 Å². The Morgan fingerprint density at radius 3 is 2.91 bits per heavy atom. The lowest BCUT2D eigenvalue weighted by molar-refractivity contribution is -0.00833. The molecular weight excluding hydrogens is 294 g/mol. The number of aliphatic hydroxyl groups is 1. The molecule has 3 rings (SSSR count). The van der Waals surface area contributed by atoms with Crippen molar-refractivity contribution in [3.8, 4) is 0 Å². The van der Waals surface area contributed by atoms with Gasteiger partial charge >= 0.3 is 0 Å². The molecule has 2 heterocycles. The molecule has 124 valence electrons. The third kappa shape index (κ3) is 3.16. The molecule has 7 nitrogen and oxygen atoms in total. The summed E-state index contributed by atoms with van der Waals surface area (Å²) in [5.41, 5.74) is 2.62. The lowest BCUT2D eigenvalue weighted by Crippen LogP contribution is -2.54. The number of carbonyl (C=O) groups excluding carboxylic acids is 1. The van der Waals surface area contributed by atoms with E-state index in [0.717, 1.165) is 11.3 Å². The van der Waals surface area contributed by atoms with E-state index < -0.39 is 0 Å². The van der Waals surface area contributed by atoms with E-state index in [-0.39, 0.29) is 24.1 Å². The van der Waals surface area contributed by atoms with Crippen molar-refractivity contribution in [1.82, 2.24) is 25.0 Å². The van der Waals surface area contributed by atoms with Crippen molar-refractivity contribution in [3.63, 3.8) is 0 Å². The molecule has 0 unspecified atom stereocenters. The summed E-state index contributed by atoms with van der Waals surface area (Å²) >= 11 is 0. The molecule has 1 fully saturated rings. The molecule has 1 saturated carbocycles. The van der Waals surface area contributed by atoms with Crippen molar-refractivity contribution >= 4 is 5.91 Å². The van der Waals surface area contributed by atoms with E-state index in [1.165, 1.54) is 0 Å². The maximum Gasteiger partial charge on any atom is 0.269 e. The van der Waals surface area contributed by atoms with E-state index >= 15 is 0 Å². The Bertz CT molecular complexity index is 690. The van der Waals surface area contributed by atoms with Gasteiger partial charge in [0.15, 0.2) is 0 Å². The standard InChI is InChI=1S/C16H23N5O2/c1-10-7-18-21(9-10)15-13(6-14(15)22)17-8-11-4-5-12(19-11)16(23)20(2)3/h4-5,7,9,13-15,17,19,22H,6,8H2,1-3H3/t13-,14+,15+/m0/s1. The highest BCUT2D eigenvalue weighted by Crippen LogP contribution is 2.32. The highest BCUT2D eigenvalue weighted by atomic mass is 16.3. The Hall–Kier alpha value is -2.12. The summed E-state index contributed by atoms with van der Waals surface area (Å²) in [4.78, 5) is 16.5. The van der Waals surface area contributed by atoms with Gasteiger partial charge in [0.2, 0.25) is 0 Å². The van der Waals surface area contributed by atoms with Crippen LogP contribution in [0.1, 0.15) is 34.2 Å². The van der Waals surface area contributed by atoms with Crippen molar-refractivity contribution in [2.24, 2.45) is 0 Å². The van der Waals surface area contributed by atoms with Crippen LogP contribution in [0.4, 0.5) is 0 Å². The van der Waals surface area contributed by atoms with E-state index in [4.69, 9.17) is 0 Å². The molecule has 23 heavy (non-hydrogen) atoms. The first-order valence-corrected chi connectivity index (χ1v) is 7.77. The van der Waals surface area contributed by atoms with Crippen molar-refractivity contribution in [2.45, 2.75) is 38.1 Å². The minimum atomic E-state index is -0.374. The largest absolute Gasteiger partial charge is 0.391 e. The van der Waals surface area contributed by atoms with Gasteiger partial charge in [-0.3, -0.25) is 9.48 Å². The number of amides is 1. The molecule has 0 bridgehead atoms. The fourth-order valence-electron chi connectivity index (χ4n) is 2.92. The second-order valence-corrected chi connectivity index (χ2v) is 6.38. The molecular formula is C16H23N5O2. The number of hydrogen-bond donors (Lipinski definition) is 3. The summed E-state index contributed by atoms with van der Waals surface area (Å²) in [6.45, 7) is 2.61. The van der Waals surface area contributed by atoms with Crippen molar-refractivity contribution in [3.05, 3.63) is 41.5 Å². The van der Waals surface area contributed by atoms with Crippen LogP contribution >= 0.6 is 0 Å². The highest BCUT2D eigenvalue weighted by Gasteiger charge is 2.41. The number of hydrogen-bond acceptors (Lipinski definition) is 4. The predicted octanol–water partition coefficient (Wildman–Crippen LogP) is 0.686. The molecule has 1 amide bonds. The first-order chi connectivity index (χ1) is 11.0. The van der Waals surface area contributed by atoms with Crippen LogP contribution in [-0.4, -0.2) is 56.9 Å². The smallest absolute Gasteiger partial charge is 0.269 e. The average molecular weight is 317 g/mol. The summed E-state index contributed by atoms with van der Waals surface area (Å²) in [5, 5.41) is 17.7. The SMILES string of the molecule is Cc1cnn([C@H]2[C@H](O)C[C@@H]2NCc2ccc(C(=O)N(C)C)[nH]2)c1. The van der Waals surface area contributed by atoms with Crippen LogP contribution < -0.4 is 5.32 Å². The number of aromatic amines is 1. The Morgan fingerprint density at radius 1 is 1.52 bits per heavy atom. The number of nitrogens with zero attached hydrogens (tertiary/aromatic N) is 3. The van der Waals surface area contributed by atoms with Crippen LogP contribution in [0.5, 0.6) is 0 Å². The van der Waals surface area contributed by atoms with E-state index in [1.54, 1.807) is 31.3 Å². The molecule has 1 aliphatic rings. The number of H-pyrrole nitrogens is 1. The predicted molar refractivity (Wildman–Crippen MR) is 86.1 cm³/mol. The third-order valence-corrected chi connectivity index (χ3v) is 4.28. The zero-order valence-corrected chi connectivity index (χ0v) is 13.7. The minimum Gasteiger partial charge on any atom is -0.391 e. The molecule has 0 aliphatic heterocycles. The van der Waals surface area contributed by atoms with Crippen LogP contribution in [0.3, 0.4) is 0 Å². The lowest BCUT2D eigenvalue weighted by atomic mass is 9.83. The van der Waals surface area contributed by atoms with Crippen molar-refractivity contribution < 1.29 is 9.90 Å². The fourth-order valence-corrected chi connectivity index (χ4v) is 2.92. The Kier molecular flexibility index (Phi) is 4.23. The van der Waals surface area contributed by atoms with Gasteiger partial charge in [0.05, 0.1) is 18.3 Å². The zero-order valence-electron chi connectivity index (χ0n) is 13.7. The molecule has 1 aliphatic carbocycles. The monoisotopic (exact) mass is 317 g/mol. The van der Waals surface area contributed by atoms with Gasteiger partial charge in [-0.05, 0) is 31.0 Å². The first kappa shape index (κ1) is 15.8. The van der Waals surface area contributed by atoms with Crippen LogP contribution in [0.25, 0.3) is 0 Å². The Labute approximate surface area is 135 Å². The van der Waals surface area contributed by atoms with Crippen molar-refractivity contribution in [1.29, 1.82) is 0 Å². The number of aryl methyl sites for hydroxylation is 1. The summed E-state index contributed by atoms with van der Waals surface area (Å²) in [6, 6.07) is 3.83. The highest BCUT2D eigenvalue weighted by molar-refractivity contribution is 5.92. The number of aliphatic hydroxyl groups excluding tert-OH is 1. The summed E-state index contributed by atoms with van der Waals surface area (Å²) in [5.74, 6) is -0.0415. The van der Waals surface area contributed by atoms with E-state index in [9.17, 15) is 9.90 Å². The molecule has 2 aromatic heterocycles. The molecule has 3 N–H and O–H groups in total. The average Bonchev–Trinajstić information content (AvgIpc) is 3.11. The molecule has 7 heteroatoms. The fraction of sp³-hybridized carbons (Fsp3) is 0.500. The van der Waals surface area contributed by atoms with Gasteiger partial charge in [-0.25, -0.2) is 0 Å². The van der Waals surface area contributed by atoms with Crippen LogP contribution in [-0.2, 0) is 6.54 Å². The number of carbonyl (C=O) groups is 1. The minimum absolute atomic E-state index is 0.0402. The Morgan fingerprint density at radius 2 is 2.30 bits per heavy atom. The molecule has 2 aromatic rings. The van der Waals surface area contributed by atoms with Gasteiger partial charge in [0.1, 0.15) is 5.69 Å². The van der Waals surface area contributed by atoms with E-state index in [0.29, 0.717) is 18.7 Å². The molecule has 0 radical (unpaired) electrons. The van der Waals surface area contributed by atoms with Gasteiger partial charge in [-0.1, -0.05) is 0 Å².